The van der Waals surface area contributed by atoms with E-state index < -0.39 is 50.0 Å². The molecule has 4 atom stereocenters. The molecule has 2 heterocycles. The van der Waals surface area contributed by atoms with Crippen molar-refractivity contribution in [3.05, 3.63) is 118 Å². The molecule has 3 aromatic carbocycles. The number of hydrogen-bond acceptors (Lipinski definition) is 10. The van der Waals surface area contributed by atoms with E-state index in [1.54, 1.807) is 48.5 Å². The van der Waals surface area contributed by atoms with Gasteiger partial charge in [0, 0.05) is 6.20 Å². The highest BCUT2D eigenvalue weighted by molar-refractivity contribution is 7.32. The molecule has 1 aromatic heterocycles. The minimum atomic E-state index is -3.77. The van der Waals surface area contributed by atoms with Gasteiger partial charge in [0.15, 0.2) is 5.72 Å². The van der Waals surface area contributed by atoms with Gasteiger partial charge in [-0.05, 0) is 47.0 Å². The van der Waals surface area contributed by atoms with E-state index in [-0.39, 0.29) is 5.82 Å². The molecule has 1 aliphatic heterocycles. The SMILES string of the molecule is COc1ccc(C(c2ccccc2)(c2ccc(OC)cc2)[C@]2(n3ccc(N)nc3=O)C[C@@](O)(O[PH](=O)O)[C@@H](CO)O2)cc1. The van der Waals surface area contributed by atoms with Crippen LogP contribution in [0.15, 0.2) is 95.9 Å². The maximum atomic E-state index is 13.8. The van der Waals surface area contributed by atoms with E-state index in [0.717, 1.165) is 0 Å². The highest BCUT2D eigenvalue weighted by Gasteiger charge is 2.68. The molecule has 0 saturated carbocycles. The fraction of sp³-hybridized carbons (Fsp3) is 0.267. The first-order chi connectivity index (χ1) is 20.6. The topological polar surface area (TPSA) is 176 Å². The lowest BCUT2D eigenvalue weighted by molar-refractivity contribution is -0.194. The Labute approximate surface area is 247 Å². The van der Waals surface area contributed by atoms with E-state index in [2.05, 4.69) is 4.98 Å². The number of anilines is 1. The largest absolute Gasteiger partial charge is 0.497 e. The molecular weight excluding hydrogens is 577 g/mol. The summed E-state index contributed by atoms with van der Waals surface area (Å²) in [7, 11) is -0.703. The molecule has 0 radical (unpaired) electrons. The summed E-state index contributed by atoms with van der Waals surface area (Å²) in [6, 6.07) is 24.6. The summed E-state index contributed by atoms with van der Waals surface area (Å²) in [6.45, 7) is -0.819. The number of aliphatic hydroxyl groups excluding tert-OH is 1. The molecule has 1 unspecified atom stereocenters. The molecule has 0 amide bonds. The van der Waals surface area contributed by atoms with Crippen LogP contribution in [-0.4, -0.2) is 57.4 Å². The number of benzene rings is 3. The Hall–Kier alpha value is -4.03. The van der Waals surface area contributed by atoms with Crippen molar-refractivity contribution < 1.29 is 38.4 Å². The minimum Gasteiger partial charge on any atom is -0.497 e. The zero-order chi connectivity index (χ0) is 30.8. The molecule has 12 nitrogen and oxygen atoms in total. The third-order valence-electron chi connectivity index (χ3n) is 7.82. The fourth-order valence-electron chi connectivity index (χ4n) is 6.04. The van der Waals surface area contributed by atoms with Crippen molar-refractivity contribution in [2.24, 2.45) is 0 Å². The van der Waals surface area contributed by atoms with Crippen molar-refractivity contribution >= 4 is 14.1 Å². The molecule has 4 aromatic rings. The lowest BCUT2D eigenvalue weighted by Crippen LogP contribution is -2.58. The fourth-order valence-corrected chi connectivity index (χ4v) is 6.55. The number of nitrogens with two attached hydrogens (primary N) is 1. The molecule has 1 fully saturated rings. The minimum absolute atomic E-state index is 0.0563. The van der Waals surface area contributed by atoms with Gasteiger partial charge in [0.1, 0.15) is 23.4 Å². The summed E-state index contributed by atoms with van der Waals surface area (Å²) < 4.78 is 35.9. The summed E-state index contributed by atoms with van der Waals surface area (Å²) in [5.74, 6) is -1.46. The van der Waals surface area contributed by atoms with Crippen LogP contribution in [0.2, 0.25) is 0 Å². The molecular formula is C30H32N3O9P. The number of hydrogen-bond donors (Lipinski definition) is 4. The van der Waals surface area contributed by atoms with Gasteiger partial charge in [0.25, 0.3) is 0 Å². The standard InChI is InChI=1S/C30H32N3O9P/c1-39-23-12-8-21(9-13-23)30(20-6-4-3-5-7-20,22-10-14-24(40-2)15-11-22)29(33-17-16-26(31)32-27(33)35)19-28(36,42-43(37)38)25(18-34)41-29/h3-17,25,34,36,43H,18-19H2,1-2H3,(H,37,38)(H2,31,32,35)/t25-,28-,29+/m1/s1. The molecule has 226 valence electrons. The highest BCUT2D eigenvalue weighted by atomic mass is 31.1. The van der Waals surface area contributed by atoms with Gasteiger partial charge in [-0.25, -0.2) is 4.79 Å². The van der Waals surface area contributed by atoms with E-state index in [1.165, 1.54) is 31.0 Å². The maximum absolute atomic E-state index is 13.8. The second-order valence-electron chi connectivity index (χ2n) is 10.0. The monoisotopic (exact) mass is 609 g/mol. The molecule has 0 bridgehead atoms. The molecule has 5 rings (SSSR count). The van der Waals surface area contributed by atoms with Crippen LogP contribution in [0.1, 0.15) is 23.1 Å². The normalized spacial score (nSPS) is 22.7. The van der Waals surface area contributed by atoms with E-state index in [4.69, 9.17) is 24.5 Å². The number of aliphatic hydroxyl groups is 2. The third kappa shape index (κ3) is 5.12. The quantitative estimate of drug-likeness (QED) is 0.118. The molecule has 1 aliphatic rings. The Morgan fingerprint density at radius 1 is 0.977 bits per heavy atom. The smallest absolute Gasteiger partial charge is 0.351 e. The van der Waals surface area contributed by atoms with Crippen molar-refractivity contribution in [3.63, 3.8) is 0 Å². The summed E-state index contributed by atoms with van der Waals surface area (Å²) >= 11 is 0. The lowest BCUT2D eigenvalue weighted by Gasteiger charge is -2.50. The zero-order valence-electron chi connectivity index (χ0n) is 23.4. The van der Waals surface area contributed by atoms with Gasteiger partial charge >= 0.3 is 13.9 Å². The van der Waals surface area contributed by atoms with Gasteiger partial charge in [-0.3, -0.25) is 13.7 Å². The molecule has 5 N–H and O–H groups in total. The summed E-state index contributed by atoms with van der Waals surface area (Å²) in [5, 5.41) is 22.2. The second-order valence-corrected chi connectivity index (χ2v) is 10.8. The third-order valence-corrected chi connectivity index (χ3v) is 8.34. The Morgan fingerprint density at radius 2 is 1.51 bits per heavy atom. The van der Waals surface area contributed by atoms with Gasteiger partial charge in [0.2, 0.25) is 5.79 Å². The maximum Gasteiger partial charge on any atom is 0.351 e. The van der Waals surface area contributed by atoms with Crippen molar-refractivity contribution in [2.45, 2.75) is 29.5 Å². The van der Waals surface area contributed by atoms with E-state index >= 15 is 0 Å². The van der Waals surface area contributed by atoms with E-state index in [9.17, 15) is 24.5 Å². The predicted molar refractivity (Wildman–Crippen MR) is 157 cm³/mol. The van der Waals surface area contributed by atoms with Crippen molar-refractivity contribution in [2.75, 3.05) is 26.6 Å². The molecule has 1 saturated heterocycles. The van der Waals surface area contributed by atoms with Crippen LogP contribution in [0, 0.1) is 0 Å². The average molecular weight is 610 g/mol. The second kappa shape index (κ2) is 11.9. The van der Waals surface area contributed by atoms with Crippen molar-refractivity contribution in [1.29, 1.82) is 0 Å². The first-order valence-electron chi connectivity index (χ1n) is 13.3. The Kier molecular flexibility index (Phi) is 8.44. The zero-order valence-corrected chi connectivity index (χ0v) is 24.4. The number of nitrogens with zero attached hydrogens (tertiary/aromatic N) is 2. The van der Waals surface area contributed by atoms with Gasteiger partial charge in [-0.1, -0.05) is 54.6 Å². The van der Waals surface area contributed by atoms with Crippen LogP contribution in [0.5, 0.6) is 11.5 Å². The average Bonchev–Trinajstić information content (AvgIpc) is 3.30. The van der Waals surface area contributed by atoms with Gasteiger partial charge < -0.3 is 35.1 Å². The number of ether oxygens (including phenoxy) is 3. The van der Waals surface area contributed by atoms with Crippen molar-refractivity contribution in [3.8, 4) is 11.5 Å². The van der Waals surface area contributed by atoms with Crippen LogP contribution in [0.4, 0.5) is 5.82 Å². The van der Waals surface area contributed by atoms with Crippen LogP contribution >= 0.6 is 8.25 Å². The van der Waals surface area contributed by atoms with Gasteiger partial charge in [-0.15, -0.1) is 0 Å². The molecule has 13 heteroatoms. The van der Waals surface area contributed by atoms with Crippen LogP contribution in [0.3, 0.4) is 0 Å². The summed E-state index contributed by atoms with van der Waals surface area (Å²) in [4.78, 5) is 27.5. The van der Waals surface area contributed by atoms with Crippen LogP contribution in [-0.2, 0) is 25.0 Å². The first-order valence-corrected chi connectivity index (χ1v) is 14.5. The van der Waals surface area contributed by atoms with E-state index in [0.29, 0.717) is 28.2 Å². The summed E-state index contributed by atoms with van der Waals surface area (Å²) in [5.41, 5.74) is 3.27. The molecule has 0 spiro atoms. The van der Waals surface area contributed by atoms with Gasteiger partial charge in [0.05, 0.1) is 32.7 Å². The Balaban J connectivity index is 1.99. The Bertz CT molecular complexity index is 1600. The first kappa shape index (κ1) is 30.4. The Morgan fingerprint density at radius 3 is 1.98 bits per heavy atom. The van der Waals surface area contributed by atoms with Gasteiger partial charge in [-0.2, -0.15) is 4.98 Å². The molecule has 43 heavy (non-hydrogen) atoms. The van der Waals surface area contributed by atoms with Crippen LogP contribution in [0.25, 0.3) is 0 Å². The highest BCUT2D eigenvalue weighted by Crippen LogP contribution is 2.60. The van der Waals surface area contributed by atoms with Crippen LogP contribution < -0.4 is 20.9 Å². The van der Waals surface area contributed by atoms with Crippen molar-refractivity contribution in [1.82, 2.24) is 9.55 Å². The number of rotatable bonds is 10. The number of methoxy groups -OCH3 is 2. The predicted octanol–water partition coefficient (Wildman–Crippen LogP) is 2.40. The van der Waals surface area contributed by atoms with E-state index in [1.807, 2.05) is 30.3 Å². The number of aromatic nitrogens is 2. The summed E-state index contributed by atoms with van der Waals surface area (Å²) in [6.07, 6.45) is -0.796. The molecule has 0 aliphatic carbocycles. The lowest BCUT2D eigenvalue weighted by atomic mass is 9.61. The number of nitrogen functional groups attached to an aromatic ring is 1.